The van der Waals surface area contributed by atoms with Crippen molar-refractivity contribution in [1.29, 1.82) is 0 Å². The van der Waals surface area contributed by atoms with Crippen molar-refractivity contribution in [3.63, 3.8) is 0 Å². The van der Waals surface area contributed by atoms with Gasteiger partial charge in [0, 0.05) is 21.9 Å². The van der Waals surface area contributed by atoms with E-state index in [1.54, 1.807) is 12.1 Å². The molecule has 0 unspecified atom stereocenters. The molecule has 0 aliphatic rings. The van der Waals surface area contributed by atoms with Gasteiger partial charge in [0.1, 0.15) is 17.1 Å². The Kier molecular flexibility index (Phi) is 3.86. The molecule has 0 bridgehead atoms. The second-order valence-corrected chi connectivity index (χ2v) is 7.02. The normalized spacial score (nSPS) is 11.1. The van der Waals surface area contributed by atoms with Gasteiger partial charge in [-0.05, 0) is 35.9 Å². The molecule has 4 nitrogen and oxygen atoms in total. The zero-order valence-corrected chi connectivity index (χ0v) is 14.3. The summed E-state index contributed by atoms with van der Waals surface area (Å²) in [5, 5.41) is 2.79. The van der Waals surface area contributed by atoms with Gasteiger partial charge in [0.2, 0.25) is 0 Å². The number of hydrogen-bond donors (Lipinski definition) is 0. The summed E-state index contributed by atoms with van der Waals surface area (Å²) in [6, 6.07) is 16.5. The van der Waals surface area contributed by atoms with Gasteiger partial charge in [-0.25, -0.2) is 9.59 Å². The molecule has 4 aromatic rings. The highest BCUT2D eigenvalue weighted by atomic mass is 32.1. The van der Waals surface area contributed by atoms with Gasteiger partial charge in [0.05, 0.1) is 0 Å². The fourth-order valence-corrected chi connectivity index (χ4v) is 3.65. The summed E-state index contributed by atoms with van der Waals surface area (Å²) in [7, 11) is 0. The summed E-state index contributed by atoms with van der Waals surface area (Å²) >= 11 is 1.39. The van der Waals surface area contributed by atoms with Crippen LogP contribution in [0.4, 0.5) is 0 Å². The molecule has 0 spiro atoms. The van der Waals surface area contributed by atoms with E-state index in [0.29, 0.717) is 16.0 Å². The van der Waals surface area contributed by atoms with Gasteiger partial charge in [-0.3, -0.25) is 0 Å². The largest absolute Gasteiger partial charge is 0.457 e. The van der Waals surface area contributed by atoms with Gasteiger partial charge in [-0.1, -0.05) is 30.3 Å². The van der Waals surface area contributed by atoms with Gasteiger partial charge < -0.3 is 9.15 Å². The second-order valence-electron chi connectivity index (χ2n) is 5.74. The summed E-state index contributed by atoms with van der Waals surface area (Å²) in [6.45, 7) is 1.95. The summed E-state index contributed by atoms with van der Waals surface area (Å²) < 4.78 is 10.7. The van der Waals surface area contributed by atoms with E-state index < -0.39 is 5.63 Å². The van der Waals surface area contributed by atoms with Crippen LogP contribution in [0, 0.1) is 6.92 Å². The lowest BCUT2D eigenvalue weighted by Crippen LogP contribution is -2.07. The minimum Gasteiger partial charge on any atom is -0.457 e. The van der Waals surface area contributed by atoms with Crippen molar-refractivity contribution in [3.05, 3.63) is 80.3 Å². The highest BCUT2D eigenvalue weighted by molar-refractivity contribution is 7.13. The molecule has 2 aromatic carbocycles. The number of thiophene rings is 1. The third-order valence-corrected chi connectivity index (χ3v) is 5.00. The van der Waals surface area contributed by atoms with E-state index in [0.717, 1.165) is 21.0 Å². The first-order valence-corrected chi connectivity index (χ1v) is 8.61. The molecule has 0 saturated heterocycles. The van der Waals surface area contributed by atoms with E-state index in [1.165, 1.54) is 17.4 Å². The Bertz CT molecular complexity index is 1150. The maximum absolute atomic E-state index is 12.2. The lowest BCUT2D eigenvalue weighted by atomic mass is 10.0. The molecule has 0 atom stereocenters. The van der Waals surface area contributed by atoms with Crippen LogP contribution in [0.15, 0.2) is 63.8 Å². The smallest absolute Gasteiger partial charge is 0.348 e. The lowest BCUT2D eigenvalue weighted by Gasteiger charge is -2.09. The Morgan fingerprint density at radius 1 is 1.12 bits per heavy atom. The van der Waals surface area contributed by atoms with Crippen LogP contribution in [-0.2, 0) is 11.3 Å². The zero-order valence-electron chi connectivity index (χ0n) is 13.4. The Morgan fingerprint density at radius 2 is 1.96 bits per heavy atom. The first kappa shape index (κ1) is 15.6. The van der Waals surface area contributed by atoms with Crippen LogP contribution >= 0.6 is 11.3 Å². The Hall–Kier alpha value is -2.92. The van der Waals surface area contributed by atoms with E-state index in [-0.39, 0.29) is 12.6 Å². The van der Waals surface area contributed by atoms with Crippen LogP contribution in [-0.4, -0.2) is 5.97 Å². The third-order valence-electron chi connectivity index (χ3n) is 4.01. The summed E-state index contributed by atoms with van der Waals surface area (Å²) in [5.41, 5.74) is 0.676. The van der Waals surface area contributed by atoms with Gasteiger partial charge in [-0.2, -0.15) is 0 Å². The molecule has 25 heavy (non-hydrogen) atoms. The quantitative estimate of drug-likeness (QED) is 0.306. The average Bonchev–Trinajstić information content (AvgIpc) is 3.05. The molecule has 4 rings (SSSR count). The van der Waals surface area contributed by atoms with Gasteiger partial charge in [0.15, 0.2) is 0 Å². The fraction of sp³-hybridized carbons (Fsp3) is 0.100. The maximum atomic E-state index is 12.2. The maximum Gasteiger partial charge on any atom is 0.348 e. The molecule has 0 saturated carbocycles. The van der Waals surface area contributed by atoms with Crippen LogP contribution in [0.2, 0.25) is 0 Å². The first-order valence-electron chi connectivity index (χ1n) is 7.80. The average molecular weight is 350 g/mol. The Labute approximate surface area is 147 Å². The number of hydrogen-bond acceptors (Lipinski definition) is 5. The summed E-state index contributed by atoms with van der Waals surface area (Å²) in [5.74, 6) is -0.389. The predicted molar refractivity (Wildman–Crippen MR) is 98.2 cm³/mol. The molecule has 0 amide bonds. The van der Waals surface area contributed by atoms with Crippen molar-refractivity contribution >= 4 is 39.0 Å². The fourth-order valence-electron chi connectivity index (χ4n) is 2.89. The van der Waals surface area contributed by atoms with Gasteiger partial charge in [-0.15, -0.1) is 11.3 Å². The van der Waals surface area contributed by atoms with Crippen LogP contribution < -0.4 is 5.63 Å². The third kappa shape index (κ3) is 2.94. The minimum absolute atomic E-state index is 0.0197. The van der Waals surface area contributed by atoms with E-state index in [1.807, 2.05) is 43.3 Å². The van der Waals surface area contributed by atoms with Crippen molar-refractivity contribution in [3.8, 4) is 0 Å². The summed E-state index contributed by atoms with van der Waals surface area (Å²) in [6.07, 6.45) is 0. The molecular weight excluding hydrogens is 336 g/mol. The van der Waals surface area contributed by atoms with Gasteiger partial charge in [0.25, 0.3) is 0 Å². The molecular formula is C20H14O4S. The SMILES string of the molecule is Cc1ccc(C(=O)OCc2cc(=O)oc3ccc4ccccc4c23)s1. The predicted octanol–water partition coefficient (Wildman–Crippen LogP) is 4.67. The second kappa shape index (κ2) is 6.18. The Morgan fingerprint density at radius 3 is 2.76 bits per heavy atom. The molecule has 0 N–H and O–H groups in total. The van der Waals surface area contributed by atoms with Crippen molar-refractivity contribution < 1.29 is 13.9 Å². The van der Waals surface area contributed by atoms with E-state index in [4.69, 9.17) is 9.15 Å². The van der Waals surface area contributed by atoms with Crippen molar-refractivity contribution in [2.45, 2.75) is 13.5 Å². The molecule has 0 fully saturated rings. The van der Waals surface area contributed by atoms with Crippen molar-refractivity contribution in [2.24, 2.45) is 0 Å². The standard InChI is InChI=1S/C20H14O4S/c1-12-6-9-17(25-12)20(22)23-11-14-10-18(21)24-16-8-7-13-4-2-3-5-15(13)19(14)16/h2-10H,11H2,1H3. The minimum atomic E-state index is -0.458. The number of carbonyl (C=O) groups is 1. The van der Waals surface area contributed by atoms with Crippen LogP contribution in [0.3, 0.4) is 0 Å². The topological polar surface area (TPSA) is 56.5 Å². The van der Waals surface area contributed by atoms with Gasteiger partial charge >= 0.3 is 11.6 Å². The lowest BCUT2D eigenvalue weighted by molar-refractivity contribution is 0.0479. The van der Waals surface area contributed by atoms with Crippen LogP contribution in [0.25, 0.3) is 21.7 Å². The van der Waals surface area contributed by atoms with E-state index >= 15 is 0 Å². The molecule has 2 aromatic heterocycles. The number of ether oxygens (including phenoxy) is 1. The molecule has 0 aliphatic carbocycles. The Balaban J connectivity index is 1.77. The van der Waals surface area contributed by atoms with E-state index in [2.05, 4.69) is 0 Å². The zero-order chi connectivity index (χ0) is 17.4. The number of benzene rings is 2. The number of carbonyl (C=O) groups excluding carboxylic acids is 1. The highest BCUT2D eigenvalue weighted by Crippen LogP contribution is 2.28. The van der Waals surface area contributed by atoms with Crippen molar-refractivity contribution in [2.75, 3.05) is 0 Å². The monoisotopic (exact) mass is 350 g/mol. The number of esters is 1. The number of aryl methyl sites for hydroxylation is 1. The van der Waals surface area contributed by atoms with Crippen LogP contribution in [0.1, 0.15) is 20.1 Å². The van der Waals surface area contributed by atoms with E-state index in [9.17, 15) is 9.59 Å². The highest BCUT2D eigenvalue weighted by Gasteiger charge is 2.14. The number of fused-ring (bicyclic) bond motifs is 3. The molecule has 0 aliphatic heterocycles. The number of rotatable bonds is 3. The molecule has 2 heterocycles. The van der Waals surface area contributed by atoms with Crippen molar-refractivity contribution in [1.82, 2.24) is 0 Å². The van der Waals surface area contributed by atoms with Crippen LogP contribution in [0.5, 0.6) is 0 Å². The molecule has 124 valence electrons. The molecule has 0 radical (unpaired) electrons. The summed E-state index contributed by atoms with van der Waals surface area (Å²) in [4.78, 5) is 25.7. The first-order chi connectivity index (χ1) is 12.1. The molecule has 5 heteroatoms.